The second-order valence-electron chi connectivity index (χ2n) is 3.80. The molecule has 0 spiro atoms. The molecule has 0 radical (unpaired) electrons. The van der Waals surface area contributed by atoms with Gasteiger partial charge in [0.2, 0.25) is 0 Å². The number of nitrogens with one attached hydrogen (secondary N) is 1. The molecule has 1 aromatic rings. The van der Waals surface area contributed by atoms with E-state index < -0.39 is 0 Å². The Morgan fingerprint density at radius 1 is 1.36 bits per heavy atom. The highest BCUT2D eigenvalue weighted by Crippen LogP contribution is 2.18. The standard InChI is InChI=1S/C13H19N/c1-5-6-12(4)14-13-8-7-10(2)9-11(13)3/h7-9,14H,4-6H2,1-3H3. The van der Waals surface area contributed by atoms with Crippen molar-refractivity contribution in [2.45, 2.75) is 33.6 Å². The summed E-state index contributed by atoms with van der Waals surface area (Å²) in [6.07, 6.45) is 2.17. The highest BCUT2D eigenvalue weighted by atomic mass is 14.9. The molecule has 14 heavy (non-hydrogen) atoms. The first-order valence-electron chi connectivity index (χ1n) is 5.15. The number of aryl methyl sites for hydroxylation is 2. The minimum Gasteiger partial charge on any atom is -0.359 e. The maximum atomic E-state index is 3.99. The summed E-state index contributed by atoms with van der Waals surface area (Å²) in [5.41, 5.74) is 4.85. The molecule has 1 rings (SSSR count). The maximum Gasteiger partial charge on any atom is 0.0411 e. The highest BCUT2D eigenvalue weighted by molar-refractivity contribution is 5.55. The molecule has 0 aliphatic carbocycles. The van der Waals surface area contributed by atoms with Crippen molar-refractivity contribution in [2.75, 3.05) is 5.32 Å². The third kappa shape index (κ3) is 2.91. The summed E-state index contributed by atoms with van der Waals surface area (Å²) < 4.78 is 0. The van der Waals surface area contributed by atoms with Gasteiger partial charge < -0.3 is 5.32 Å². The molecule has 1 heteroatoms. The number of benzene rings is 1. The lowest BCUT2D eigenvalue weighted by atomic mass is 10.1. The first kappa shape index (κ1) is 10.8. The Balaban J connectivity index is 2.72. The minimum absolute atomic E-state index is 1.04. The lowest BCUT2D eigenvalue weighted by molar-refractivity contribution is 0.913. The van der Waals surface area contributed by atoms with E-state index in [-0.39, 0.29) is 0 Å². The van der Waals surface area contributed by atoms with Gasteiger partial charge in [0.05, 0.1) is 0 Å². The zero-order valence-electron chi connectivity index (χ0n) is 9.35. The van der Waals surface area contributed by atoms with Crippen molar-refractivity contribution in [2.24, 2.45) is 0 Å². The molecular formula is C13H19N. The maximum absolute atomic E-state index is 3.99. The van der Waals surface area contributed by atoms with Gasteiger partial charge in [0.25, 0.3) is 0 Å². The van der Waals surface area contributed by atoms with Gasteiger partial charge in [0.15, 0.2) is 0 Å². The van der Waals surface area contributed by atoms with Crippen molar-refractivity contribution in [1.82, 2.24) is 0 Å². The second-order valence-corrected chi connectivity index (χ2v) is 3.80. The van der Waals surface area contributed by atoms with Gasteiger partial charge in [-0.2, -0.15) is 0 Å². The van der Waals surface area contributed by atoms with Gasteiger partial charge in [-0.15, -0.1) is 0 Å². The third-order valence-electron chi connectivity index (χ3n) is 2.25. The van der Waals surface area contributed by atoms with E-state index in [1.807, 2.05) is 0 Å². The summed E-state index contributed by atoms with van der Waals surface area (Å²) in [6.45, 7) is 10.4. The lowest BCUT2D eigenvalue weighted by Crippen LogP contribution is -1.99. The van der Waals surface area contributed by atoms with Crippen LogP contribution in [-0.4, -0.2) is 0 Å². The van der Waals surface area contributed by atoms with Gasteiger partial charge >= 0.3 is 0 Å². The largest absolute Gasteiger partial charge is 0.359 e. The lowest BCUT2D eigenvalue weighted by Gasteiger charge is -2.11. The van der Waals surface area contributed by atoms with Crippen LogP contribution in [0.25, 0.3) is 0 Å². The van der Waals surface area contributed by atoms with E-state index in [1.54, 1.807) is 0 Å². The van der Waals surface area contributed by atoms with E-state index in [9.17, 15) is 0 Å². The van der Waals surface area contributed by atoms with Gasteiger partial charge in [0, 0.05) is 11.4 Å². The van der Waals surface area contributed by atoms with Crippen LogP contribution < -0.4 is 5.32 Å². The number of allylic oxidation sites excluding steroid dienone is 1. The molecule has 0 amide bonds. The van der Waals surface area contributed by atoms with Crippen LogP contribution in [0.15, 0.2) is 30.5 Å². The fourth-order valence-electron chi connectivity index (χ4n) is 1.51. The second kappa shape index (κ2) is 4.85. The van der Waals surface area contributed by atoms with E-state index in [4.69, 9.17) is 0 Å². The van der Waals surface area contributed by atoms with Crippen LogP contribution in [-0.2, 0) is 0 Å². The van der Waals surface area contributed by atoms with E-state index in [0.717, 1.165) is 18.5 Å². The molecule has 0 saturated heterocycles. The Hall–Kier alpha value is -1.24. The summed E-state index contributed by atoms with van der Waals surface area (Å²) in [4.78, 5) is 0. The fraction of sp³-hybridized carbons (Fsp3) is 0.385. The number of hydrogen-bond donors (Lipinski definition) is 1. The van der Waals surface area contributed by atoms with Crippen molar-refractivity contribution in [3.63, 3.8) is 0 Å². The van der Waals surface area contributed by atoms with Crippen molar-refractivity contribution in [3.8, 4) is 0 Å². The molecule has 0 saturated carbocycles. The van der Waals surface area contributed by atoms with Crippen LogP contribution in [0.5, 0.6) is 0 Å². The zero-order chi connectivity index (χ0) is 10.6. The molecule has 0 bridgehead atoms. The van der Waals surface area contributed by atoms with Gasteiger partial charge in [-0.05, 0) is 31.9 Å². The van der Waals surface area contributed by atoms with Gasteiger partial charge in [0.1, 0.15) is 0 Å². The Bertz CT molecular complexity index is 326. The normalized spacial score (nSPS) is 9.93. The average molecular weight is 189 g/mol. The third-order valence-corrected chi connectivity index (χ3v) is 2.25. The van der Waals surface area contributed by atoms with Crippen molar-refractivity contribution in [1.29, 1.82) is 0 Å². The molecule has 0 fully saturated rings. The Morgan fingerprint density at radius 2 is 2.07 bits per heavy atom. The molecule has 76 valence electrons. The molecule has 0 atom stereocenters. The molecule has 0 aliphatic heterocycles. The Morgan fingerprint density at radius 3 is 2.64 bits per heavy atom. The summed E-state index contributed by atoms with van der Waals surface area (Å²) in [6, 6.07) is 6.42. The van der Waals surface area contributed by atoms with Gasteiger partial charge in [-0.25, -0.2) is 0 Å². The van der Waals surface area contributed by atoms with Crippen LogP contribution in [0.3, 0.4) is 0 Å². The monoisotopic (exact) mass is 189 g/mol. The summed E-state index contributed by atoms with van der Waals surface area (Å²) in [5.74, 6) is 0. The van der Waals surface area contributed by atoms with E-state index in [1.165, 1.54) is 16.8 Å². The van der Waals surface area contributed by atoms with Crippen LogP contribution in [0, 0.1) is 13.8 Å². The van der Waals surface area contributed by atoms with Crippen LogP contribution >= 0.6 is 0 Å². The van der Waals surface area contributed by atoms with Crippen molar-refractivity contribution >= 4 is 5.69 Å². The number of anilines is 1. The SMILES string of the molecule is C=C(CCC)Nc1ccc(C)cc1C. The zero-order valence-corrected chi connectivity index (χ0v) is 9.35. The molecule has 0 aromatic heterocycles. The molecule has 1 N–H and O–H groups in total. The predicted octanol–water partition coefficient (Wildman–Crippen LogP) is 4.03. The quantitative estimate of drug-likeness (QED) is 0.754. The van der Waals surface area contributed by atoms with Crippen LogP contribution in [0.1, 0.15) is 30.9 Å². The molecule has 0 heterocycles. The van der Waals surface area contributed by atoms with Crippen molar-refractivity contribution in [3.05, 3.63) is 41.6 Å². The Labute approximate surface area is 86.8 Å². The summed E-state index contributed by atoms with van der Waals surface area (Å²) in [5, 5.41) is 3.34. The van der Waals surface area contributed by atoms with Crippen LogP contribution in [0.4, 0.5) is 5.69 Å². The minimum atomic E-state index is 1.04. The molecular weight excluding hydrogens is 170 g/mol. The summed E-state index contributed by atoms with van der Waals surface area (Å²) in [7, 11) is 0. The topological polar surface area (TPSA) is 12.0 Å². The molecule has 0 unspecified atom stereocenters. The van der Waals surface area contributed by atoms with E-state index in [2.05, 4.69) is 50.9 Å². The molecule has 1 aromatic carbocycles. The molecule has 0 aliphatic rings. The van der Waals surface area contributed by atoms with Gasteiger partial charge in [-0.3, -0.25) is 0 Å². The van der Waals surface area contributed by atoms with Crippen molar-refractivity contribution < 1.29 is 0 Å². The predicted molar refractivity (Wildman–Crippen MR) is 63.6 cm³/mol. The van der Waals surface area contributed by atoms with Crippen LogP contribution in [0.2, 0.25) is 0 Å². The van der Waals surface area contributed by atoms with Gasteiger partial charge in [-0.1, -0.05) is 37.6 Å². The summed E-state index contributed by atoms with van der Waals surface area (Å²) >= 11 is 0. The highest BCUT2D eigenvalue weighted by Gasteiger charge is 1.98. The first-order valence-corrected chi connectivity index (χ1v) is 5.15. The average Bonchev–Trinajstić information content (AvgIpc) is 2.10. The number of rotatable bonds is 4. The first-order chi connectivity index (χ1) is 6.63. The fourth-order valence-corrected chi connectivity index (χ4v) is 1.51. The van der Waals surface area contributed by atoms with E-state index in [0.29, 0.717) is 0 Å². The smallest absolute Gasteiger partial charge is 0.0411 e. The number of hydrogen-bond acceptors (Lipinski definition) is 1. The Kier molecular flexibility index (Phi) is 3.75. The molecule has 1 nitrogen and oxygen atoms in total. The van der Waals surface area contributed by atoms with E-state index >= 15 is 0 Å².